The average Bonchev–Trinajstić information content (AvgIpc) is 2.80. The highest BCUT2D eigenvalue weighted by Crippen LogP contribution is 2.23. The van der Waals surface area contributed by atoms with Crippen LogP contribution in [0.25, 0.3) is 0 Å². The summed E-state index contributed by atoms with van der Waals surface area (Å²) in [5, 5.41) is 13.9. The summed E-state index contributed by atoms with van der Waals surface area (Å²) < 4.78 is 0. The van der Waals surface area contributed by atoms with E-state index in [1.54, 1.807) is 19.1 Å². The first kappa shape index (κ1) is 23.4. The molecule has 0 radical (unpaired) electrons. The number of carbonyl (C=O) groups is 2. The molecule has 32 heavy (non-hydrogen) atoms. The summed E-state index contributed by atoms with van der Waals surface area (Å²) in [5.41, 5.74) is 1.66. The minimum Gasteiger partial charge on any atom is -0.339 e. The average molecular weight is 439 g/mol. The lowest BCUT2D eigenvalue weighted by atomic mass is 10.0. The molecule has 0 aromatic heterocycles. The zero-order valence-corrected chi connectivity index (χ0v) is 18.6. The number of nitrogens with one attached hydrogen (secondary N) is 1. The predicted octanol–water partition coefficient (Wildman–Crippen LogP) is 3.86. The molecule has 1 fully saturated rings. The number of benzene rings is 2. The molecule has 2 aromatic carbocycles. The Morgan fingerprint density at radius 3 is 2.47 bits per heavy atom. The van der Waals surface area contributed by atoms with E-state index in [0.717, 1.165) is 25.8 Å². The number of nitro benzene ring substituents is 1. The van der Waals surface area contributed by atoms with E-state index in [0.29, 0.717) is 29.9 Å². The van der Waals surface area contributed by atoms with Crippen molar-refractivity contribution in [2.45, 2.75) is 39.2 Å². The number of likely N-dealkylation sites (tertiary alicyclic amines) is 1. The molecule has 0 aliphatic carbocycles. The molecule has 170 valence electrons. The summed E-state index contributed by atoms with van der Waals surface area (Å²) in [7, 11) is 0. The minimum absolute atomic E-state index is 0.0105. The van der Waals surface area contributed by atoms with Gasteiger partial charge in [0.15, 0.2) is 0 Å². The number of anilines is 1. The Kier molecular flexibility index (Phi) is 7.94. The van der Waals surface area contributed by atoms with E-state index in [4.69, 9.17) is 0 Å². The largest absolute Gasteiger partial charge is 0.339 e. The van der Waals surface area contributed by atoms with Crippen molar-refractivity contribution in [1.82, 2.24) is 9.80 Å². The first-order chi connectivity index (χ1) is 15.4. The zero-order chi connectivity index (χ0) is 23.1. The molecule has 1 saturated heterocycles. The highest BCUT2D eigenvalue weighted by atomic mass is 16.6. The summed E-state index contributed by atoms with van der Waals surface area (Å²) in [5.74, 6) is -0.149. The second-order valence-corrected chi connectivity index (χ2v) is 8.17. The molecule has 0 atom stereocenters. The maximum absolute atomic E-state index is 12.7. The molecule has 1 N–H and O–H groups in total. The van der Waals surface area contributed by atoms with Crippen LogP contribution in [0.4, 0.5) is 11.4 Å². The van der Waals surface area contributed by atoms with Gasteiger partial charge in [0.1, 0.15) is 0 Å². The Morgan fingerprint density at radius 1 is 1.16 bits per heavy atom. The number of rotatable bonds is 8. The summed E-state index contributed by atoms with van der Waals surface area (Å²) in [4.78, 5) is 40.1. The molecule has 2 amide bonds. The third-order valence-electron chi connectivity index (χ3n) is 5.84. The summed E-state index contributed by atoms with van der Waals surface area (Å²) in [6, 6.07) is 14.2. The molecule has 1 aliphatic heterocycles. The lowest BCUT2D eigenvalue weighted by Gasteiger charge is -2.38. The Morgan fingerprint density at radius 2 is 1.84 bits per heavy atom. The van der Waals surface area contributed by atoms with E-state index in [9.17, 15) is 19.7 Å². The van der Waals surface area contributed by atoms with Gasteiger partial charge in [0, 0.05) is 42.0 Å². The topological polar surface area (TPSA) is 95.8 Å². The quantitative estimate of drug-likeness (QED) is 0.499. The third-order valence-corrected chi connectivity index (χ3v) is 5.84. The SMILES string of the molecule is CCCN(CC(=O)Nc1ccc(C)c([N+](=O)[O-])c1)C1CCN(C(=O)c2ccccc2)CC1. The van der Waals surface area contributed by atoms with E-state index in [1.165, 1.54) is 6.07 Å². The van der Waals surface area contributed by atoms with Crippen LogP contribution < -0.4 is 5.32 Å². The van der Waals surface area contributed by atoms with Gasteiger partial charge in [0.25, 0.3) is 11.6 Å². The van der Waals surface area contributed by atoms with Crippen molar-refractivity contribution in [3.63, 3.8) is 0 Å². The summed E-state index contributed by atoms with van der Waals surface area (Å²) >= 11 is 0. The lowest BCUT2D eigenvalue weighted by molar-refractivity contribution is -0.385. The van der Waals surface area contributed by atoms with E-state index < -0.39 is 4.92 Å². The molecular weight excluding hydrogens is 408 g/mol. The molecule has 2 aromatic rings. The predicted molar refractivity (Wildman–Crippen MR) is 124 cm³/mol. The van der Waals surface area contributed by atoms with Crippen molar-refractivity contribution in [2.24, 2.45) is 0 Å². The molecule has 0 bridgehead atoms. The van der Waals surface area contributed by atoms with Crippen LogP contribution in [0.15, 0.2) is 48.5 Å². The van der Waals surface area contributed by atoms with Gasteiger partial charge in [-0.15, -0.1) is 0 Å². The number of hydrogen-bond acceptors (Lipinski definition) is 5. The Labute approximate surface area is 188 Å². The standard InChI is InChI=1S/C24H30N4O4/c1-3-13-27(17-23(29)25-20-10-9-18(2)22(16-20)28(31)32)21-11-14-26(15-12-21)24(30)19-7-5-4-6-8-19/h4-10,16,21H,3,11-15,17H2,1-2H3,(H,25,29). The van der Waals surface area contributed by atoms with Crippen LogP contribution in [0.3, 0.4) is 0 Å². The van der Waals surface area contributed by atoms with E-state index >= 15 is 0 Å². The van der Waals surface area contributed by atoms with Gasteiger partial charge in [0.05, 0.1) is 11.5 Å². The van der Waals surface area contributed by atoms with Gasteiger partial charge < -0.3 is 10.2 Å². The van der Waals surface area contributed by atoms with Crippen molar-refractivity contribution >= 4 is 23.2 Å². The first-order valence-electron chi connectivity index (χ1n) is 11.0. The van der Waals surface area contributed by atoms with E-state index in [1.807, 2.05) is 35.2 Å². The fourth-order valence-electron chi connectivity index (χ4n) is 4.14. The molecule has 1 heterocycles. The van der Waals surface area contributed by atoms with Crippen molar-refractivity contribution in [2.75, 3.05) is 31.5 Å². The van der Waals surface area contributed by atoms with E-state index in [-0.39, 0.29) is 30.1 Å². The number of nitrogens with zero attached hydrogens (tertiary/aromatic N) is 3. The smallest absolute Gasteiger partial charge is 0.274 e. The molecule has 1 aliphatic rings. The Balaban J connectivity index is 1.58. The lowest BCUT2D eigenvalue weighted by Crippen LogP contribution is -2.49. The number of aryl methyl sites for hydroxylation is 1. The highest BCUT2D eigenvalue weighted by Gasteiger charge is 2.28. The third kappa shape index (κ3) is 5.91. The van der Waals surface area contributed by atoms with Crippen LogP contribution in [0.5, 0.6) is 0 Å². The number of piperidine rings is 1. The Hall–Kier alpha value is -3.26. The summed E-state index contributed by atoms with van der Waals surface area (Å²) in [6.45, 7) is 6.05. The van der Waals surface area contributed by atoms with Gasteiger partial charge >= 0.3 is 0 Å². The highest BCUT2D eigenvalue weighted by molar-refractivity contribution is 5.94. The molecule has 8 heteroatoms. The van der Waals surface area contributed by atoms with Crippen LogP contribution in [-0.2, 0) is 4.79 Å². The Bertz CT molecular complexity index is 956. The van der Waals surface area contributed by atoms with Gasteiger partial charge in [-0.1, -0.05) is 31.2 Å². The van der Waals surface area contributed by atoms with Crippen molar-refractivity contribution in [3.8, 4) is 0 Å². The van der Waals surface area contributed by atoms with Crippen LogP contribution in [0.2, 0.25) is 0 Å². The molecule has 3 rings (SSSR count). The van der Waals surface area contributed by atoms with Gasteiger partial charge in [-0.2, -0.15) is 0 Å². The molecule has 0 spiro atoms. The van der Waals surface area contributed by atoms with Crippen LogP contribution in [0, 0.1) is 17.0 Å². The second kappa shape index (κ2) is 10.9. The fourth-order valence-corrected chi connectivity index (χ4v) is 4.14. The van der Waals surface area contributed by atoms with E-state index in [2.05, 4.69) is 17.1 Å². The van der Waals surface area contributed by atoms with Crippen LogP contribution in [0.1, 0.15) is 42.1 Å². The van der Waals surface area contributed by atoms with Gasteiger partial charge in [-0.25, -0.2) is 0 Å². The van der Waals surface area contributed by atoms with Crippen LogP contribution >= 0.6 is 0 Å². The monoisotopic (exact) mass is 438 g/mol. The van der Waals surface area contributed by atoms with Crippen molar-refractivity contribution in [3.05, 3.63) is 69.8 Å². The first-order valence-corrected chi connectivity index (χ1v) is 11.0. The van der Waals surface area contributed by atoms with Gasteiger partial charge in [0.2, 0.25) is 5.91 Å². The number of hydrogen-bond donors (Lipinski definition) is 1. The zero-order valence-electron chi connectivity index (χ0n) is 18.6. The number of amides is 2. The minimum atomic E-state index is -0.446. The molecule has 0 saturated carbocycles. The molecule has 8 nitrogen and oxygen atoms in total. The maximum Gasteiger partial charge on any atom is 0.274 e. The van der Waals surface area contributed by atoms with Crippen molar-refractivity contribution < 1.29 is 14.5 Å². The van der Waals surface area contributed by atoms with Crippen molar-refractivity contribution in [1.29, 1.82) is 0 Å². The maximum atomic E-state index is 12.7. The van der Waals surface area contributed by atoms with Crippen LogP contribution in [-0.4, -0.2) is 58.8 Å². The number of carbonyl (C=O) groups excluding carboxylic acids is 2. The second-order valence-electron chi connectivity index (χ2n) is 8.17. The number of nitro groups is 1. The normalized spacial score (nSPS) is 14.4. The summed E-state index contributed by atoms with van der Waals surface area (Å²) in [6.07, 6.45) is 2.52. The fraction of sp³-hybridized carbons (Fsp3) is 0.417. The molecule has 0 unspecified atom stereocenters. The molecular formula is C24H30N4O4. The van der Waals surface area contributed by atoms with Gasteiger partial charge in [-0.05, 0) is 50.9 Å². The van der Waals surface area contributed by atoms with Gasteiger partial charge in [-0.3, -0.25) is 24.6 Å².